The summed E-state index contributed by atoms with van der Waals surface area (Å²) in [7, 11) is -4.40. The summed E-state index contributed by atoms with van der Waals surface area (Å²) in [6.45, 7) is 6.22. The van der Waals surface area contributed by atoms with E-state index < -0.39 is 15.5 Å². The molecule has 0 saturated carbocycles. The molecule has 0 amide bonds. The van der Waals surface area contributed by atoms with Gasteiger partial charge in [-0.3, -0.25) is 0 Å². The average molecular weight is 224 g/mol. The Hall–Kier alpha value is -0.160. The van der Waals surface area contributed by atoms with E-state index in [1.807, 2.05) is 20.8 Å². The predicted molar refractivity (Wildman–Crippen MR) is 52.2 cm³/mol. The first-order chi connectivity index (χ1) is 6.21. The van der Waals surface area contributed by atoms with Crippen LogP contribution in [-0.4, -0.2) is 26.4 Å². The van der Waals surface area contributed by atoms with E-state index in [0.29, 0.717) is 6.61 Å². The smallest absolute Gasteiger partial charge is 0.305 e. The molecule has 2 atom stereocenters. The SMILES string of the molecule is CC(C)(C)C1CC(S(=O)(=O)F)CCO1. The van der Waals surface area contributed by atoms with E-state index >= 15 is 0 Å². The average Bonchev–Trinajstić information content (AvgIpc) is 2.01. The zero-order chi connectivity index (χ0) is 11.0. The largest absolute Gasteiger partial charge is 0.378 e. The Balaban J connectivity index is 2.71. The number of halogens is 1. The molecule has 0 N–H and O–H groups in total. The molecule has 0 bridgehead atoms. The van der Waals surface area contributed by atoms with E-state index in [1.165, 1.54) is 0 Å². The molecular formula is C9H17FO3S. The first kappa shape index (κ1) is 11.9. The molecule has 5 heteroatoms. The normalized spacial score (nSPS) is 30.3. The summed E-state index contributed by atoms with van der Waals surface area (Å²) in [4.78, 5) is 0. The third-order valence-electron chi connectivity index (χ3n) is 2.60. The third-order valence-corrected chi connectivity index (χ3v) is 3.82. The van der Waals surface area contributed by atoms with Gasteiger partial charge in [0.15, 0.2) is 0 Å². The Bertz CT molecular complexity index is 292. The number of hydrogen-bond donors (Lipinski definition) is 0. The van der Waals surface area contributed by atoms with Crippen LogP contribution < -0.4 is 0 Å². The van der Waals surface area contributed by atoms with Crippen molar-refractivity contribution >= 4 is 10.2 Å². The lowest BCUT2D eigenvalue weighted by Gasteiger charge is -2.36. The molecule has 14 heavy (non-hydrogen) atoms. The van der Waals surface area contributed by atoms with Crippen LogP contribution in [0.3, 0.4) is 0 Å². The number of rotatable bonds is 1. The minimum absolute atomic E-state index is 0.136. The van der Waals surface area contributed by atoms with E-state index in [-0.39, 0.29) is 24.4 Å². The first-order valence-electron chi connectivity index (χ1n) is 4.76. The van der Waals surface area contributed by atoms with E-state index in [2.05, 4.69) is 0 Å². The first-order valence-corrected chi connectivity index (χ1v) is 6.21. The molecule has 0 spiro atoms. The van der Waals surface area contributed by atoms with E-state index in [0.717, 1.165) is 0 Å². The van der Waals surface area contributed by atoms with Crippen LogP contribution in [0.25, 0.3) is 0 Å². The quantitative estimate of drug-likeness (QED) is 0.639. The Morgan fingerprint density at radius 2 is 1.93 bits per heavy atom. The van der Waals surface area contributed by atoms with Crippen molar-refractivity contribution in [3.8, 4) is 0 Å². The van der Waals surface area contributed by atoms with Crippen molar-refractivity contribution in [3.05, 3.63) is 0 Å². The zero-order valence-corrected chi connectivity index (χ0v) is 9.60. The summed E-state index contributed by atoms with van der Waals surface area (Å²) < 4.78 is 39.7. The van der Waals surface area contributed by atoms with E-state index in [1.54, 1.807) is 0 Å². The predicted octanol–water partition coefficient (Wildman–Crippen LogP) is 1.88. The van der Waals surface area contributed by atoms with Crippen LogP contribution in [0.5, 0.6) is 0 Å². The molecule has 0 aromatic heterocycles. The summed E-state index contributed by atoms with van der Waals surface area (Å²) in [5.41, 5.74) is -0.136. The van der Waals surface area contributed by atoms with Gasteiger partial charge >= 0.3 is 10.2 Å². The van der Waals surface area contributed by atoms with Gasteiger partial charge in [0.2, 0.25) is 0 Å². The van der Waals surface area contributed by atoms with Crippen molar-refractivity contribution in [2.45, 2.75) is 45.0 Å². The molecule has 1 heterocycles. The highest BCUT2D eigenvalue weighted by atomic mass is 32.3. The van der Waals surface area contributed by atoms with Crippen molar-refractivity contribution in [1.82, 2.24) is 0 Å². The van der Waals surface area contributed by atoms with Crippen LogP contribution in [0.2, 0.25) is 0 Å². The summed E-state index contributed by atoms with van der Waals surface area (Å²) >= 11 is 0. The summed E-state index contributed by atoms with van der Waals surface area (Å²) in [5, 5.41) is -0.875. The van der Waals surface area contributed by atoms with E-state index in [9.17, 15) is 12.3 Å². The van der Waals surface area contributed by atoms with Gasteiger partial charge in [0.25, 0.3) is 0 Å². The van der Waals surface area contributed by atoms with Crippen molar-refractivity contribution < 1.29 is 17.0 Å². The van der Waals surface area contributed by atoms with Crippen LogP contribution in [0.4, 0.5) is 3.89 Å². The Kier molecular flexibility index (Phi) is 3.21. The minimum atomic E-state index is -4.40. The molecule has 1 rings (SSSR count). The van der Waals surface area contributed by atoms with Crippen LogP contribution in [0.15, 0.2) is 0 Å². The Labute approximate surface area is 84.9 Å². The van der Waals surface area contributed by atoms with Gasteiger partial charge in [-0.05, 0) is 18.3 Å². The van der Waals surface area contributed by atoms with Crippen molar-refractivity contribution in [1.29, 1.82) is 0 Å². The van der Waals surface area contributed by atoms with Gasteiger partial charge in [0.1, 0.15) is 0 Å². The number of ether oxygens (including phenoxy) is 1. The van der Waals surface area contributed by atoms with Crippen LogP contribution in [0.1, 0.15) is 33.6 Å². The molecule has 1 fully saturated rings. The molecule has 1 saturated heterocycles. The van der Waals surface area contributed by atoms with Gasteiger partial charge in [-0.1, -0.05) is 20.8 Å². The molecule has 2 unspecified atom stereocenters. The highest BCUT2D eigenvalue weighted by molar-refractivity contribution is 7.87. The summed E-state index contributed by atoms with van der Waals surface area (Å²) in [6.07, 6.45) is 0.361. The molecule has 0 aromatic carbocycles. The molecule has 1 aliphatic heterocycles. The molecule has 0 aromatic rings. The fourth-order valence-electron chi connectivity index (χ4n) is 1.63. The lowest BCUT2D eigenvalue weighted by molar-refractivity contribution is -0.0463. The van der Waals surface area contributed by atoms with E-state index in [4.69, 9.17) is 4.74 Å². The highest BCUT2D eigenvalue weighted by Crippen LogP contribution is 2.32. The minimum Gasteiger partial charge on any atom is -0.378 e. The second kappa shape index (κ2) is 3.77. The maximum absolute atomic E-state index is 12.8. The van der Waals surface area contributed by atoms with Crippen molar-refractivity contribution in [2.24, 2.45) is 5.41 Å². The standard InChI is InChI=1S/C9H17FO3S/c1-9(2,3)8-6-7(4-5-13-8)14(10,11)12/h7-8H,4-6H2,1-3H3. The maximum Gasteiger partial charge on any atom is 0.305 e. The third kappa shape index (κ3) is 2.92. The van der Waals surface area contributed by atoms with Crippen molar-refractivity contribution in [3.63, 3.8) is 0 Å². The van der Waals surface area contributed by atoms with Gasteiger partial charge in [-0.2, -0.15) is 8.42 Å². The summed E-state index contributed by atoms with van der Waals surface area (Å²) in [6, 6.07) is 0. The lowest BCUT2D eigenvalue weighted by Crippen LogP contribution is -2.40. The van der Waals surface area contributed by atoms with Crippen molar-refractivity contribution in [2.75, 3.05) is 6.61 Å². The molecule has 84 valence electrons. The fraction of sp³-hybridized carbons (Fsp3) is 1.00. The van der Waals surface area contributed by atoms with Gasteiger partial charge in [-0.25, -0.2) is 0 Å². The second-order valence-electron chi connectivity index (χ2n) is 4.85. The van der Waals surface area contributed by atoms with Crippen LogP contribution >= 0.6 is 0 Å². The monoisotopic (exact) mass is 224 g/mol. The highest BCUT2D eigenvalue weighted by Gasteiger charge is 2.37. The summed E-state index contributed by atoms with van der Waals surface area (Å²) in [5.74, 6) is 0. The van der Waals surface area contributed by atoms with Crippen LogP contribution in [0, 0.1) is 5.41 Å². The van der Waals surface area contributed by atoms with Gasteiger partial charge < -0.3 is 4.74 Å². The second-order valence-corrected chi connectivity index (χ2v) is 6.47. The topological polar surface area (TPSA) is 43.4 Å². The maximum atomic E-state index is 12.8. The molecule has 3 nitrogen and oxygen atoms in total. The van der Waals surface area contributed by atoms with Gasteiger partial charge in [0.05, 0.1) is 11.4 Å². The molecular weight excluding hydrogens is 207 g/mol. The fourth-order valence-corrected chi connectivity index (χ4v) is 2.41. The van der Waals surface area contributed by atoms with Crippen LogP contribution in [-0.2, 0) is 15.0 Å². The Morgan fingerprint density at radius 1 is 1.36 bits per heavy atom. The lowest BCUT2D eigenvalue weighted by atomic mass is 9.85. The molecule has 0 aliphatic carbocycles. The number of hydrogen-bond acceptors (Lipinski definition) is 3. The molecule has 0 radical (unpaired) electrons. The Morgan fingerprint density at radius 3 is 2.36 bits per heavy atom. The van der Waals surface area contributed by atoms with Gasteiger partial charge in [0, 0.05) is 6.61 Å². The van der Waals surface area contributed by atoms with Gasteiger partial charge in [-0.15, -0.1) is 3.89 Å². The molecule has 1 aliphatic rings. The zero-order valence-electron chi connectivity index (χ0n) is 8.79.